The van der Waals surface area contributed by atoms with E-state index >= 15 is 0 Å². The van der Waals surface area contributed by atoms with Crippen LogP contribution < -0.4 is 22.8 Å². The second kappa shape index (κ2) is 18.3. The summed E-state index contributed by atoms with van der Waals surface area (Å²) >= 11 is -1.71. The zero-order valence-corrected chi connectivity index (χ0v) is 25.9. The molecule has 0 aliphatic heterocycles. The Labute approximate surface area is 212 Å². The minimum atomic E-state index is -1.71. The second-order valence-electron chi connectivity index (χ2n) is 8.44. The van der Waals surface area contributed by atoms with Gasteiger partial charge in [-0.25, -0.2) is 0 Å². The third-order valence-electron chi connectivity index (χ3n) is 5.95. The fraction of sp³-hybridized carbons (Fsp3) is 0.769. The van der Waals surface area contributed by atoms with Gasteiger partial charge in [-0.3, -0.25) is 0 Å². The SMILES string of the molecule is CCCC[P](CCCC)[Ti]([c]1cc(OC)c(OC)c(OC)c1OC)[P](CCCC)CCCC. The van der Waals surface area contributed by atoms with Crippen LogP contribution in [0.1, 0.15) is 79.1 Å². The van der Waals surface area contributed by atoms with Gasteiger partial charge in [-0.15, -0.1) is 0 Å². The predicted molar refractivity (Wildman–Crippen MR) is 145 cm³/mol. The maximum absolute atomic E-state index is 6.11. The Balaban J connectivity index is 3.76. The molecule has 7 heteroatoms. The molecule has 4 nitrogen and oxygen atoms in total. The van der Waals surface area contributed by atoms with Gasteiger partial charge < -0.3 is 0 Å². The summed E-state index contributed by atoms with van der Waals surface area (Å²) in [5.41, 5.74) is 0. The molecule has 0 aliphatic carbocycles. The topological polar surface area (TPSA) is 36.9 Å². The summed E-state index contributed by atoms with van der Waals surface area (Å²) in [7, 11) is 6.93. The molecule has 33 heavy (non-hydrogen) atoms. The number of methoxy groups -OCH3 is 4. The van der Waals surface area contributed by atoms with Crippen LogP contribution in [0, 0.1) is 0 Å². The van der Waals surface area contributed by atoms with Gasteiger partial charge in [-0.05, 0) is 0 Å². The first kappa shape index (κ1) is 31.0. The van der Waals surface area contributed by atoms with E-state index in [4.69, 9.17) is 18.9 Å². The van der Waals surface area contributed by atoms with Crippen LogP contribution in [-0.4, -0.2) is 53.1 Å². The number of hydrogen-bond acceptors (Lipinski definition) is 4. The first-order chi connectivity index (χ1) is 16.1. The van der Waals surface area contributed by atoms with Crippen molar-refractivity contribution < 1.29 is 35.8 Å². The van der Waals surface area contributed by atoms with Crippen LogP contribution >= 0.6 is 11.8 Å². The standard InChI is InChI=1S/C10H13O4.2C8H18P.Ti/c1-11-7-5-6-8(12-2)10(14-4)9(7)13-3;2*1-3-5-7-9-8-6-4-2;/h5H,1-4H3;2*3-8H2,1-2H3;/q;2*-1;+2. The quantitative estimate of drug-likeness (QED) is 0.133. The van der Waals surface area contributed by atoms with Crippen molar-refractivity contribution in [2.24, 2.45) is 0 Å². The van der Waals surface area contributed by atoms with E-state index in [9.17, 15) is 0 Å². The maximum atomic E-state index is 6.11. The van der Waals surface area contributed by atoms with E-state index in [1.807, 2.05) is 0 Å². The number of rotatable bonds is 19. The Morgan fingerprint density at radius 1 is 0.576 bits per heavy atom. The summed E-state index contributed by atoms with van der Waals surface area (Å²) < 4.78 is 25.0. The summed E-state index contributed by atoms with van der Waals surface area (Å²) in [6.07, 6.45) is 16.2. The van der Waals surface area contributed by atoms with Gasteiger partial charge in [0.25, 0.3) is 0 Å². The number of benzene rings is 1. The van der Waals surface area contributed by atoms with E-state index in [1.165, 1.54) is 79.9 Å². The molecule has 1 rings (SSSR count). The molecule has 0 fully saturated rings. The van der Waals surface area contributed by atoms with Gasteiger partial charge in [0, 0.05) is 0 Å². The molecule has 0 unspecified atom stereocenters. The minimum absolute atomic E-state index is 0.00831. The molecular formula is C26H49O4P2Ti. The molecule has 1 aromatic carbocycles. The van der Waals surface area contributed by atoms with Gasteiger partial charge in [-0.2, -0.15) is 0 Å². The van der Waals surface area contributed by atoms with Crippen LogP contribution in [0.2, 0.25) is 0 Å². The van der Waals surface area contributed by atoms with E-state index in [0.717, 1.165) is 11.5 Å². The summed E-state index contributed by atoms with van der Waals surface area (Å²) in [6.45, 7) is 9.35. The summed E-state index contributed by atoms with van der Waals surface area (Å²) in [6, 6.07) is 2.29. The number of unbranched alkanes of at least 4 members (excludes halogenated alkanes) is 4. The van der Waals surface area contributed by atoms with Gasteiger partial charge >= 0.3 is 213 Å². The fourth-order valence-electron chi connectivity index (χ4n) is 4.08. The van der Waals surface area contributed by atoms with Gasteiger partial charge in [0.15, 0.2) is 0 Å². The second-order valence-corrected chi connectivity index (χ2v) is 25.3. The monoisotopic (exact) mass is 535 g/mol. The van der Waals surface area contributed by atoms with Crippen LogP contribution in [0.15, 0.2) is 6.07 Å². The van der Waals surface area contributed by atoms with E-state index in [2.05, 4.69) is 33.8 Å². The molecule has 0 aromatic heterocycles. The Kier molecular flexibility index (Phi) is 17.2. The van der Waals surface area contributed by atoms with E-state index in [0.29, 0.717) is 11.5 Å². The molecule has 191 valence electrons. The Bertz CT molecular complexity index is 624. The van der Waals surface area contributed by atoms with Crippen molar-refractivity contribution in [3.8, 4) is 23.0 Å². The number of hydrogen-bond donors (Lipinski definition) is 0. The molecule has 0 aliphatic rings. The van der Waals surface area contributed by atoms with Crippen LogP contribution in [-0.2, 0) is 16.8 Å². The van der Waals surface area contributed by atoms with Gasteiger partial charge in [-0.1, -0.05) is 0 Å². The molecule has 0 bridgehead atoms. The van der Waals surface area contributed by atoms with Crippen molar-refractivity contribution in [1.29, 1.82) is 0 Å². The van der Waals surface area contributed by atoms with Gasteiger partial charge in [0.2, 0.25) is 0 Å². The predicted octanol–water partition coefficient (Wildman–Crippen LogP) is 7.96. The van der Waals surface area contributed by atoms with Crippen molar-refractivity contribution in [3.05, 3.63) is 6.07 Å². The molecule has 0 N–H and O–H groups in total. The average Bonchev–Trinajstić information content (AvgIpc) is 2.85. The molecule has 0 spiro atoms. The van der Waals surface area contributed by atoms with Crippen molar-refractivity contribution >= 4 is 15.7 Å². The van der Waals surface area contributed by atoms with Crippen LogP contribution in [0.25, 0.3) is 0 Å². The number of ether oxygens (including phenoxy) is 4. The fourth-order valence-corrected chi connectivity index (χ4v) is 33.6. The summed E-state index contributed by atoms with van der Waals surface area (Å²) in [5.74, 6) is 3.09. The molecule has 0 heterocycles. The van der Waals surface area contributed by atoms with Crippen molar-refractivity contribution in [2.45, 2.75) is 79.1 Å². The molecular weight excluding hydrogens is 486 g/mol. The third-order valence-corrected chi connectivity index (χ3v) is 30.7. The van der Waals surface area contributed by atoms with Crippen LogP contribution in [0.4, 0.5) is 0 Å². The first-order valence-electron chi connectivity index (χ1n) is 12.8. The van der Waals surface area contributed by atoms with Gasteiger partial charge in [0.05, 0.1) is 0 Å². The third kappa shape index (κ3) is 9.18. The van der Waals surface area contributed by atoms with Crippen molar-refractivity contribution in [2.75, 3.05) is 53.1 Å². The average molecular weight is 535 g/mol. The normalized spacial score (nSPS) is 11.2. The zero-order chi connectivity index (χ0) is 24.6. The van der Waals surface area contributed by atoms with Crippen molar-refractivity contribution in [1.82, 2.24) is 0 Å². The molecule has 0 atom stereocenters. The van der Waals surface area contributed by atoms with E-state index < -0.39 is 16.8 Å². The van der Waals surface area contributed by atoms with E-state index in [-0.39, 0.29) is 11.8 Å². The van der Waals surface area contributed by atoms with Gasteiger partial charge in [0.1, 0.15) is 0 Å². The molecule has 0 saturated heterocycles. The molecule has 0 saturated carbocycles. The van der Waals surface area contributed by atoms with Crippen molar-refractivity contribution in [3.63, 3.8) is 0 Å². The van der Waals surface area contributed by atoms with Crippen LogP contribution in [0.3, 0.4) is 0 Å². The Morgan fingerprint density at radius 3 is 1.27 bits per heavy atom. The van der Waals surface area contributed by atoms with Crippen LogP contribution in [0.5, 0.6) is 23.0 Å². The Hall–Kier alpha value is -0.00571. The Morgan fingerprint density at radius 2 is 0.970 bits per heavy atom. The molecule has 0 amide bonds. The first-order valence-corrected chi connectivity index (χ1v) is 21.2. The zero-order valence-electron chi connectivity index (χ0n) is 22.6. The van der Waals surface area contributed by atoms with E-state index in [1.54, 1.807) is 28.4 Å². The molecule has 0 radical (unpaired) electrons. The molecule has 1 aromatic rings. The summed E-state index contributed by atoms with van der Waals surface area (Å²) in [5, 5.41) is 0. The summed E-state index contributed by atoms with van der Waals surface area (Å²) in [4.78, 5) is 0.